The fourth-order valence-electron chi connectivity index (χ4n) is 3.03. The lowest BCUT2D eigenvalue weighted by molar-refractivity contribution is -0.384. The molecule has 3 rings (SSSR count). The Morgan fingerprint density at radius 2 is 1.81 bits per heavy atom. The van der Waals surface area contributed by atoms with E-state index in [0.717, 1.165) is 5.56 Å². The molecule has 1 aliphatic rings. The summed E-state index contributed by atoms with van der Waals surface area (Å²) in [6.45, 7) is 0.339. The lowest BCUT2D eigenvalue weighted by atomic mass is 9.95. The van der Waals surface area contributed by atoms with E-state index in [1.165, 1.54) is 19.2 Å². The highest BCUT2D eigenvalue weighted by molar-refractivity contribution is 5.79. The van der Waals surface area contributed by atoms with Gasteiger partial charge in [-0.3, -0.25) is 10.1 Å². The number of nitro benzene ring substituents is 1. The summed E-state index contributed by atoms with van der Waals surface area (Å²) in [4.78, 5) is 22.8. The molecule has 8 nitrogen and oxygen atoms in total. The predicted molar refractivity (Wildman–Crippen MR) is 94.8 cm³/mol. The number of carbonyl (C=O) groups is 1. The first-order valence-electron chi connectivity index (χ1n) is 8.30. The van der Waals surface area contributed by atoms with Crippen molar-refractivity contribution in [1.82, 2.24) is 0 Å². The van der Waals surface area contributed by atoms with Gasteiger partial charge in [0.05, 0.1) is 25.7 Å². The molecule has 0 fully saturated rings. The number of nitro groups is 1. The van der Waals surface area contributed by atoms with Gasteiger partial charge in [0.15, 0.2) is 6.10 Å². The summed E-state index contributed by atoms with van der Waals surface area (Å²) in [5, 5.41) is 10.7. The number of esters is 1. The summed E-state index contributed by atoms with van der Waals surface area (Å²) < 4.78 is 21.8. The molecular formula is C19H19NO7. The van der Waals surface area contributed by atoms with E-state index in [1.807, 2.05) is 0 Å². The van der Waals surface area contributed by atoms with Crippen LogP contribution in [0.15, 0.2) is 36.4 Å². The zero-order chi connectivity index (χ0) is 19.4. The van der Waals surface area contributed by atoms with Crippen LogP contribution in [0.2, 0.25) is 0 Å². The van der Waals surface area contributed by atoms with Crippen LogP contribution in [0, 0.1) is 10.1 Å². The first-order chi connectivity index (χ1) is 13.0. The van der Waals surface area contributed by atoms with Crippen molar-refractivity contribution in [3.05, 3.63) is 63.2 Å². The second-order valence-electron chi connectivity index (χ2n) is 5.89. The van der Waals surface area contributed by atoms with Crippen molar-refractivity contribution in [2.75, 3.05) is 20.8 Å². The van der Waals surface area contributed by atoms with Crippen LogP contribution in [0.25, 0.3) is 0 Å². The number of rotatable bonds is 6. The fourth-order valence-corrected chi connectivity index (χ4v) is 3.03. The Hall–Kier alpha value is -3.13. The van der Waals surface area contributed by atoms with E-state index < -0.39 is 17.0 Å². The van der Waals surface area contributed by atoms with Crippen LogP contribution in [-0.4, -0.2) is 31.7 Å². The molecule has 2 aromatic rings. The van der Waals surface area contributed by atoms with Crippen LogP contribution in [0.5, 0.6) is 11.5 Å². The number of hydrogen-bond donors (Lipinski definition) is 0. The summed E-state index contributed by atoms with van der Waals surface area (Å²) in [6.07, 6.45) is -0.321. The van der Waals surface area contributed by atoms with E-state index in [2.05, 4.69) is 0 Å². The van der Waals surface area contributed by atoms with Gasteiger partial charge < -0.3 is 18.9 Å². The first kappa shape index (κ1) is 18.7. The van der Waals surface area contributed by atoms with Crippen molar-refractivity contribution in [2.24, 2.45) is 0 Å². The van der Waals surface area contributed by atoms with Gasteiger partial charge in [0.1, 0.15) is 18.1 Å². The van der Waals surface area contributed by atoms with E-state index in [0.29, 0.717) is 35.7 Å². The smallest absolute Gasteiger partial charge is 0.340 e. The Kier molecular flexibility index (Phi) is 5.56. The minimum Gasteiger partial charge on any atom is -0.496 e. The molecule has 0 bridgehead atoms. The van der Waals surface area contributed by atoms with Crippen LogP contribution in [-0.2, 0) is 27.3 Å². The minimum absolute atomic E-state index is 0.0156. The average Bonchev–Trinajstić information content (AvgIpc) is 2.70. The van der Waals surface area contributed by atoms with Gasteiger partial charge in [-0.15, -0.1) is 0 Å². The Morgan fingerprint density at radius 1 is 1.15 bits per heavy atom. The quantitative estimate of drug-likeness (QED) is 0.436. The van der Waals surface area contributed by atoms with Crippen LogP contribution in [0.4, 0.5) is 5.69 Å². The molecule has 1 heterocycles. The van der Waals surface area contributed by atoms with E-state index in [1.54, 1.807) is 31.4 Å². The zero-order valence-electron chi connectivity index (χ0n) is 15.0. The highest BCUT2D eigenvalue weighted by Crippen LogP contribution is 2.40. The molecule has 2 aromatic carbocycles. The molecule has 1 unspecified atom stereocenters. The maximum atomic E-state index is 12.6. The second-order valence-corrected chi connectivity index (χ2v) is 5.89. The van der Waals surface area contributed by atoms with Gasteiger partial charge in [-0.1, -0.05) is 0 Å². The molecule has 0 spiro atoms. The van der Waals surface area contributed by atoms with Gasteiger partial charge in [-0.2, -0.15) is 0 Å². The van der Waals surface area contributed by atoms with Gasteiger partial charge in [-0.25, -0.2) is 4.79 Å². The molecule has 0 amide bonds. The van der Waals surface area contributed by atoms with Crippen LogP contribution >= 0.6 is 0 Å². The summed E-state index contributed by atoms with van der Waals surface area (Å²) in [5.74, 6) is 0.644. The molecular weight excluding hydrogens is 354 g/mol. The maximum Gasteiger partial charge on any atom is 0.340 e. The normalized spacial score (nSPS) is 15.6. The van der Waals surface area contributed by atoms with Gasteiger partial charge in [0.25, 0.3) is 5.69 Å². The SMILES string of the molecule is COc1ccc(OC)c2c1CCOC2C(=O)OCc1ccc([N+](=O)[O-])cc1. The third kappa shape index (κ3) is 3.85. The summed E-state index contributed by atoms with van der Waals surface area (Å²) >= 11 is 0. The van der Waals surface area contributed by atoms with Gasteiger partial charge in [0, 0.05) is 23.3 Å². The number of non-ortho nitro benzene ring substituents is 1. The molecule has 0 radical (unpaired) electrons. The highest BCUT2D eigenvalue weighted by Gasteiger charge is 2.33. The number of nitrogens with zero attached hydrogens (tertiary/aromatic N) is 1. The number of benzene rings is 2. The molecule has 0 saturated carbocycles. The molecule has 27 heavy (non-hydrogen) atoms. The number of methoxy groups -OCH3 is 2. The molecule has 0 aliphatic carbocycles. The first-order valence-corrected chi connectivity index (χ1v) is 8.30. The highest BCUT2D eigenvalue weighted by atomic mass is 16.6. The van der Waals surface area contributed by atoms with Crippen molar-refractivity contribution in [3.63, 3.8) is 0 Å². The van der Waals surface area contributed by atoms with Crippen molar-refractivity contribution in [2.45, 2.75) is 19.1 Å². The molecule has 0 aromatic heterocycles. The van der Waals surface area contributed by atoms with E-state index in [-0.39, 0.29) is 12.3 Å². The van der Waals surface area contributed by atoms with Crippen molar-refractivity contribution < 1.29 is 28.7 Å². The van der Waals surface area contributed by atoms with Crippen molar-refractivity contribution >= 4 is 11.7 Å². The largest absolute Gasteiger partial charge is 0.496 e. The fraction of sp³-hybridized carbons (Fsp3) is 0.316. The third-order valence-corrected chi connectivity index (χ3v) is 4.36. The lowest BCUT2D eigenvalue weighted by Gasteiger charge is -2.27. The van der Waals surface area contributed by atoms with Crippen LogP contribution < -0.4 is 9.47 Å². The third-order valence-electron chi connectivity index (χ3n) is 4.36. The zero-order valence-corrected chi connectivity index (χ0v) is 15.0. The monoisotopic (exact) mass is 373 g/mol. The molecule has 8 heteroatoms. The Labute approximate surface area is 155 Å². The maximum absolute atomic E-state index is 12.6. The average molecular weight is 373 g/mol. The number of ether oxygens (including phenoxy) is 4. The van der Waals surface area contributed by atoms with E-state index >= 15 is 0 Å². The standard InChI is InChI=1S/C19H19NO7/c1-24-15-7-8-16(25-2)17-14(15)9-10-26-18(17)19(21)27-11-12-3-5-13(6-4-12)20(22)23/h3-8,18H,9-11H2,1-2H3. The second kappa shape index (κ2) is 8.05. The van der Waals surface area contributed by atoms with Crippen LogP contribution in [0.3, 0.4) is 0 Å². The molecule has 1 atom stereocenters. The van der Waals surface area contributed by atoms with Gasteiger partial charge >= 0.3 is 5.97 Å². The molecule has 0 N–H and O–H groups in total. The molecule has 0 saturated heterocycles. The van der Waals surface area contributed by atoms with Gasteiger partial charge in [-0.05, 0) is 36.2 Å². The lowest BCUT2D eigenvalue weighted by Crippen LogP contribution is -2.26. The van der Waals surface area contributed by atoms with Crippen LogP contribution in [0.1, 0.15) is 22.8 Å². The van der Waals surface area contributed by atoms with Gasteiger partial charge in [0.2, 0.25) is 0 Å². The summed E-state index contributed by atoms with van der Waals surface area (Å²) in [6, 6.07) is 9.34. The van der Waals surface area contributed by atoms with Crippen molar-refractivity contribution in [3.8, 4) is 11.5 Å². The number of fused-ring (bicyclic) bond motifs is 1. The predicted octanol–water partition coefficient (Wildman–Crippen LogP) is 2.97. The van der Waals surface area contributed by atoms with Crippen molar-refractivity contribution in [1.29, 1.82) is 0 Å². The Balaban J connectivity index is 1.77. The summed E-state index contributed by atoms with van der Waals surface area (Å²) in [5.41, 5.74) is 2.09. The summed E-state index contributed by atoms with van der Waals surface area (Å²) in [7, 11) is 3.09. The number of carbonyl (C=O) groups excluding carboxylic acids is 1. The van der Waals surface area contributed by atoms with E-state index in [4.69, 9.17) is 18.9 Å². The Morgan fingerprint density at radius 3 is 2.44 bits per heavy atom. The molecule has 1 aliphatic heterocycles. The minimum atomic E-state index is -0.920. The Bertz CT molecular complexity index is 848. The molecule has 142 valence electrons. The van der Waals surface area contributed by atoms with E-state index in [9.17, 15) is 14.9 Å². The number of hydrogen-bond acceptors (Lipinski definition) is 7. The topological polar surface area (TPSA) is 97.1 Å².